The van der Waals surface area contributed by atoms with E-state index in [9.17, 15) is 14.9 Å². The summed E-state index contributed by atoms with van der Waals surface area (Å²) in [5.74, 6) is -0.847. The number of carbonyl (C=O) groups is 1. The Morgan fingerprint density at radius 1 is 1.53 bits per heavy atom. The summed E-state index contributed by atoms with van der Waals surface area (Å²) in [5.41, 5.74) is 0.896. The average molecular weight is 266 g/mol. The Balaban J connectivity index is 2.86. The number of nitrogens with zero attached hydrogens (tertiary/aromatic N) is 2. The fraction of sp³-hybridized carbons (Fsp3) is 0.462. The van der Waals surface area contributed by atoms with Crippen LogP contribution in [0.1, 0.15) is 31.4 Å². The number of non-ortho nitro benzene ring substituents is 1. The molecule has 0 aliphatic rings. The summed E-state index contributed by atoms with van der Waals surface area (Å²) in [6.45, 7) is 2.39. The molecule has 1 rings (SSSR count). The largest absolute Gasteiger partial charge is 0.481 e. The fourth-order valence-electron chi connectivity index (χ4n) is 2.08. The summed E-state index contributed by atoms with van der Waals surface area (Å²) >= 11 is 0. The minimum Gasteiger partial charge on any atom is -0.481 e. The van der Waals surface area contributed by atoms with Crippen LogP contribution in [0.4, 0.5) is 5.69 Å². The Morgan fingerprint density at radius 2 is 2.21 bits per heavy atom. The molecule has 0 aliphatic carbocycles. The van der Waals surface area contributed by atoms with E-state index in [0.717, 1.165) is 12.0 Å². The summed E-state index contributed by atoms with van der Waals surface area (Å²) in [6.07, 6.45) is 0.819. The highest BCUT2D eigenvalue weighted by Crippen LogP contribution is 2.26. The van der Waals surface area contributed by atoms with Crippen LogP contribution in [-0.2, 0) is 4.79 Å². The number of carboxylic acids is 1. The average Bonchev–Trinajstić information content (AvgIpc) is 2.37. The van der Waals surface area contributed by atoms with E-state index in [2.05, 4.69) is 0 Å². The van der Waals surface area contributed by atoms with Gasteiger partial charge in [-0.3, -0.25) is 19.8 Å². The van der Waals surface area contributed by atoms with Gasteiger partial charge in [-0.1, -0.05) is 19.1 Å². The molecule has 0 saturated carbocycles. The van der Waals surface area contributed by atoms with Crippen LogP contribution in [0.5, 0.6) is 0 Å². The number of hydrogen-bond donors (Lipinski definition) is 1. The highest BCUT2D eigenvalue weighted by atomic mass is 16.6. The SMILES string of the molecule is CCC(c1cccc([N+](=O)[O-])c1)N(C)CCC(=O)O. The van der Waals surface area contributed by atoms with E-state index in [0.29, 0.717) is 6.54 Å². The number of nitro benzene ring substituents is 1. The van der Waals surface area contributed by atoms with Crippen LogP contribution in [-0.4, -0.2) is 34.5 Å². The molecule has 1 N–H and O–H groups in total. The normalized spacial score (nSPS) is 12.4. The molecule has 0 saturated heterocycles. The molecule has 0 spiro atoms. The number of hydrogen-bond acceptors (Lipinski definition) is 4. The smallest absolute Gasteiger partial charge is 0.304 e. The Bertz CT molecular complexity index is 462. The monoisotopic (exact) mass is 266 g/mol. The Morgan fingerprint density at radius 3 is 2.74 bits per heavy atom. The van der Waals surface area contributed by atoms with Crippen LogP contribution in [0.15, 0.2) is 24.3 Å². The van der Waals surface area contributed by atoms with Crippen molar-refractivity contribution in [3.63, 3.8) is 0 Å². The molecule has 0 fully saturated rings. The molecule has 1 atom stereocenters. The van der Waals surface area contributed by atoms with Crippen LogP contribution < -0.4 is 0 Å². The molecule has 1 unspecified atom stereocenters. The lowest BCUT2D eigenvalue weighted by atomic mass is 10.0. The third-order valence-corrected chi connectivity index (χ3v) is 3.06. The standard InChI is InChI=1S/C13H18N2O4/c1-3-12(14(2)8-7-13(16)17)10-5-4-6-11(9-10)15(18)19/h4-6,9,12H,3,7-8H2,1-2H3,(H,16,17). The lowest BCUT2D eigenvalue weighted by molar-refractivity contribution is -0.385. The molecule has 0 bridgehead atoms. The highest BCUT2D eigenvalue weighted by Gasteiger charge is 2.18. The number of benzene rings is 1. The second-order valence-electron chi connectivity index (χ2n) is 4.40. The van der Waals surface area contributed by atoms with Gasteiger partial charge in [0.2, 0.25) is 0 Å². The summed E-state index contributed by atoms with van der Waals surface area (Å²) in [6, 6.07) is 6.47. The molecule has 0 heterocycles. The maximum absolute atomic E-state index is 10.8. The van der Waals surface area contributed by atoms with Crippen LogP contribution in [0.3, 0.4) is 0 Å². The first-order chi connectivity index (χ1) is 8.95. The number of rotatable bonds is 7. The van der Waals surface area contributed by atoms with Crippen molar-refractivity contribution in [2.24, 2.45) is 0 Å². The van der Waals surface area contributed by atoms with Crippen molar-refractivity contribution in [3.05, 3.63) is 39.9 Å². The van der Waals surface area contributed by atoms with Crippen molar-refractivity contribution < 1.29 is 14.8 Å². The maximum Gasteiger partial charge on any atom is 0.304 e. The zero-order valence-electron chi connectivity index (χ0n) is 11.1. The third kappa shape index (κ3) is 4.33. The van der Waals surface area contributed by atoms with Gasteiger partial charge in [0.15, 0.2) is 0 Å². The van der Waals surface area contributed by atoms with Gasteiger partial charge in [0, 0.05) is 24.7 Å². The van der Waals surface area contributed by atoms with Gasteiger partial charge in [0.05, 0.1) is 11.3 Å². The van der Waals surface area contributed by atoms with Crippen molar-refractivity contribution in [3.8, 4) is 0 Å². The second kappa shape index (κ2) is 6.84. The lowest BCUT2D eigenvalue weighted by Gasteiger charge is -2.26. The molecule has 0 radical (unpaired) electrons. The van der Waals surface area contributed by atoms with Crippen LogP contribution in [0.2, 0.25) is 0 Å². The van der Waals surface area contributed by atoms with Gasteiger partial charge >= 0.3 is 5.97 Å². The first-order valence-corrected chi connectivity index (χ1v) is 6.12. The topological polar surface area (TPSA) is 83.7 Å². The van der Waals surface area contributed by atoms with E-state index in [1.165, 1.54) is 6.07 Å². The van der Waals surface area contributed by atoms with Crippen molar-refractivity contribution in [2.75, 3.05) is 13.6 Å². The van der Waals surface area contributed by atoms with Crippen LogP contribution in [0, 0.1) is 10.1 Å². The van der Waals surface area contributed by atoms with Gasteiger partial charge < -0.3 is 5.11 Å². The second-order valence-corrected chi connectivity index (χ2v) is 4.40. The van der Waals surface area contributed by atoms with Gasteiger partial charge in [0.1, 0.15) is 0 Å². The first kappa shape index (κ1) is 15.1. The molecule has 6 heteroatoms. The number of aliphatic carboxylic acids is 1. The highest BCUT2D eigenvalue weighted by molar-refractivity contribution is 5.66. The van der Waals surface area contributed by atoms with Gasteiger partial charge in [0.25, 0.3) is 5.69 Å². The molecule has 1 aromatic rings. The Kier molecular flexibility index (Phi) is 5.44. The molecule has 6 nitrogen and oxygen atoms in total. The molecule has 0 aromatic heterocycles. The zero-order valence-corrected chi connectivity index (χ0v) is 11.1. The van der Waals surface area contributed by atoms with E-state index >= 15 is 0 Å². The molecule has 1 aromatic carbocycles. The minimum atomic E-state index is -0.847. The van der Waals surface area contributed by atoms with Gasteiger partial charge in [-0.15, -0.1) is 0 Å². The molecular weight excluding hydrogens is 248 g/mol. The van der Waals surface area contributed by atoms with E-state index in [-0.39, 0.29) is 18.2 Å². The van der Waals surface area contributed by atoms with Crippen molar-refractivity contribution in [1.82, 2.24) is 4.90 Å². The van der Waals surface area contributed by atoms with Gasteiger partial charge in [-0.25, -0.2) is 0 Å². The zero-order chi connectivity index (χ0) is 14.4. The van der Waals surface area contributed by atoms with Crippen molar-refractivity contribution in [2.45, 2.75) is 25.8 Å². The summed E-state index contributed by atoms with van der Waals surface area (Å²) < 4.78 is 0. The van der Waals surface area contributed by atoms with E-state index in [4.69, 9.17) is 5.11 Å². The van der Waals surface area contributed by atoms with Gasteiger partial charge in [-0.05, 0) is 19.0 Å². The summed E-state index contributed by atoms with van der Waals surface area (Å²) in [5, 5.41) is 19.5. The lowest BCUT2D eigenvalue weighted by Crippen LogP contribution is -2.26. The summed E-state index contributed by atoms with van der Waals surface area (Å²) in [7, 11) is 1.83. The predicted molar refractivity (Wildman–Crippen MR) is 71.0 cm³/mol. The van der Waals surface area contributed by atoms with Crippen LogP contribution >= 0.6 is 0 Å². The van der Waals surface area contributed by atoms with Crippen molar-refractivity contribution in [1.29, 1.82) is 0 Å². The molecular formula is C13H18N2O4. The predicted octanol–water partition coefficient (Wildman–Crippen LogP) is 2.45. The number of carboxylic acid groups (broad SMARTS) is 1. The molecule has 0 amide bonds. The van der Waals surface area contributed by atoms with Crippen molar-refractivity contribution >= 4 is 11.7 Å². The van der Waals surface area contributed by atoms with E-state index in [1.807, 2.05) is 24.9 Å². The molecule has 104 valence electrons. The number of nitro groups is 1. The first-order valence-electron chi connectivity index (χ1n) is 6.12. The van der Waals surface area contributed by atoms with Crippen LogP contribution in [0.25, 0.3) is 0 Å². The van der Waals surface area contributed by atoms with E-state index in [1.54, 1.807) is 12.1 Å². The van der Waals surface area contributed by atoms with E-state index < -0.39 is 10.9 Å². The fourth-order valence-corrected chi connectivity index (χ4v) is 2.08. The summed E-state index contributed by atoms with van der Waals surface area (Å²) in [4.78, 5) is 22.8. The third-order valence-electron chi connectivity index (χ3n) is 3.06. The molecule has 19 heavy (non-hydrogen) atoms. The Hall–Kier alpha value is -1.95. The maximum atomic E-state index is 10.8. The quantitative estimate of drug-likeness (QED) is 0.605. The Labute approximate surface area is 111 Å². The van der Waals surface area contributed by atoms with Gasteiger partial charge in [-0.2, -0.15) is 0 Å². The molecule has 0 aliphatic heterocycles. The minimum absolute atomic E-state index is 0.0146.